The first kappa shape index (κ1) is 26.2. The lowest BCUT2D eigenvalue weighted by atomic mass is 10.00. The molecule has 0 saturated heterocycles. The third kappa shape index (κ3) is 6.68. The quantitative estimate of drug-likeness (QED) is 0.346. The Morgan fingerprint density at radius 3 is 2.22 bits per heavy atom. The van der Waals surface area contributed by atoms with Crippen LogP contribution in [0.1, 0.15) is 47.9 Å². The number of amides is 2. The second kappa shape index (κ2) is 12.4. The molecule has 0 spiro atoms. The summed E-state index contributed by atoms with van der Waals surface area (Å²) in [6.07, 6.45) is 4.76. The second-order valence-corrected chi connectivity index (χ2v) is 10.3. The van der Waals surface area contributed by atoms with E-state index in [2.05, 4.69) is 5.32 Å². The summed E-state index contributed by atoms with van der Waals surface area (Å²) in [5.74, 6) is -0.269. The predicted molar refractivity (Wildman–Crippen MR) is 146 cm³/mol. The molecule has 0 aliphatic heterocycles. The number of carbonyl (C=O) groups excluding carboxylic acids is 2. The Morgan fingerprint density at radius 2 is 1.56 bits per heavy atom. The number of nitrogens with zero attached hydrogens (tertiary/aromatic N) is 1. The maximum Gasteiger partial charge on any atom is 0.243 e. The van der Waals surface area contributed by atoms with Crippen LogP contribution in [0.2, 0.25) is 10.0 Å². The molecule has 1 fully saturated rings. The molecular formula is C30H32Cl2N2O2. The van der Waals surface area contributed by atoms with Gasteiger partial charge in [0.05, 0.1) is 6.42 Å². The maximum absolute atomic E-state index is 13.9. The van der Waals surface area contributed by atoms with Crippen molar-refractivity contribution in [2.45, 2.75) is 64.1 Å². The third-order valence-electron chi connectivity index (χ3n) is 6.97. The van der Waals surface area contributed by atoms with Gasteiger partial charge in [0.1, 0.15) is 6.04 Å². The normalized spacial score (nSPS) is 14.4. The van der Waals surface area contributed by atoms with E-state index >= 15 is 0 Å². The smallest absolute Gasteiger partial charge is 0.243 e. The van der Waals surface area contributed by atoms with E-state index in [-0.39, 0.29) is 30.8 Å². The van der Waals surface area contributed by atoms with Crippen molar-refractivity contribution in [3.63, 3.8) is 0 Å². The zero-order chi connectivity index (χ0) is 25.5. The van der Waals surface area contributed by atoms with E-state index in [1.165, 1.54) is 0 Å². The molecule has 0 radical (unpaired) electrons. The van der Waals surface area contributed by atoms with Crippen LogP contribution in [0, 0.1) is 6.92 Å². The number of benzene rings is 3. The predicted octanol–water partition coefficient (Wildman–Crippen LogP) is 6.54. The molecule has 0 aromatic heterocycles. The standard InChI is InChI=1S/C30H32Cl2N2O2/c1-21-10-5-6-13-23(21)19-29(35)34(20-25-26(31)16-9-17-27(25)32)28(18-22-11-3-2-4-12-22)30(36)33-24-14-7-8-15-24/h2-6,9-13,16-17,24,28H,7-8,14-15,18-20H2,1H3,(H,33,36)/t28-/m0/s1. The van der Waals surface area contributed by atoms with Gasteiger partial charge in [0.2, 0.25) is 11.8 Å². The molecule has 0 bridgehead atoms. The number of halogens is 2. The van der Waals surface area contributed by atoms with Crippen molar-refractivity contribution in [3.8, 4) is 0 Å². The van der Waals surface area contributed by atoms with Gasteiger partial charge in [-0.25, -0.2) is 0 Å². The van der Waals surface area contributed by atoms with Crippen LogP contribution in [0.15, 0.2) is 72.8 Å². The number of hydrogen-bond donors (Lipinski definition) is 1. The van der Waals surface area contributed by atoms with E-state index in [9.17, 15) is 9.59 Å². The minimum atomic E-state index is -0.697. The largest absolute Gasteiger partial charge is 0.352 e. The van der Waals surface area contributed by atoms with Crippen LogP contribution in [-0.4, -0.2) is 28.8 Å². The first-order chi connectivity index (χ1) is 17.4. The van der Waals surface area contributed by atoms with Gasteiger partial charge in [0.25, 0.3) is 0 Å². The molecule has 3 aromatic carbocycles. The molecule has 188 valence electrons. The molecule has 6 heteroatoms. The number of rotatable bonds is 9. The van der Waals surface area contributed by atoms with Crippen molar-refractivity contribution in [3.05, 3.63) is 105 Å². The van der Waals surface area contributed by atoms with Crippen molar-refractivity contribution in [2.75, 3.05) is 0 Å². The summed E-state index contributed by atoms with van der Waals surface area (Å²) in [7, 11) is 0. The molecular weight excluding hydrogens is 491 g/mol. The fourth-order valence-corrected chi connectivity index (χ4v) is 5.37. The molecule has 36 heavy (non-hydrogen) atoms. The van der Waals surface area contributed by atoms with Crippen LogP contribution >= 0.6 is 23.2 Å². The average molecular weight is 524 g/mol. The highest BCUT2D eigenvalue weighted by atomic mass is 35.5. The molecule has 0 heterocycles. The Kier molecular flexibility index (Phi) is 9.06. The molecule has 3 aromatic rings. The Bertz CT molecular complexity index is 1170. The Labute approximate surface area is 223 Å². The molecule has 1 N–H and O–H groups in total. The SMILES string of the molecule is Cc1ccccc1CC(=O)N(Cc1c(Cl)cccc1Cl)[C@@H](Cc1ccccc1)C(=O)NC1CCCC1. The minimum Gasteiger partial charge on any atom is -0.352 e. The molecule has 1 atom stereocenters. The summed E-state index contributed by atoms with van der Waals surface area (Å²) in [5.41, 5.74) is 3.61. The zero-order valence-electron chi connectivity index (χ0n) is 20.6. The van der Waals surface area contributed by atoms with Crippen molar-refractivity contribution < 1.29 is 9.59 Å². The van der Waals surface area contributed by atoms with Crippen LogP contribution < -0.4 is 5.32 Å². The number of hydrogen-bond acceptors (Lipinski definition) is 2. The first-order valence-corrected chi connectivity index (χ1v) is 13.3. The van der Waals surface area contributed by atoms with Gasteiger partial charge >= 0.3 is 0 Å². The van der Waals surface area contributed by atoms with Crippen molar-refractivity contribution >= 4 is 35.0 Å². The van der Waals surface area contributed by atoms with Gasteiger partial charge in [-0.15, -0.1) is 0 Å². The summed E-state index contributed by atoms with van der Waals surface area (Å²) < 4.78 is 0. The second-order valence-electron chi connectivity index (χ2n) is 9.52. The Balaban J connectivity index is 1.71. The van der Waals surface area contributed by atoms with Crippen LogP contribution in [-0.2, 0) is 29.0 Å². The van der Waals surface area contributed by atoms with Crippen LogP contribution in [0.4, 0.5) is 0 Å². The molecule has 1 aliphatic rings. The highest BCUT2D eigenvalue weighted by Crippen LogP contribution is 2.28. The molecule has 2 amide bonds. The number of carbonyl (C=O) groups is 2. The fraction of sp³-hybridized carbons (Fsp3) is 0.333. The lowest BCUT2D eigenvalue weighted by Gasteiger charge is -2.33. The molecule has 4 nitrogen and oxygen atoms in total. The van der Waals surface area contributed by atoms with E-state index in [4.69, 9.17) is 23.2 Å². The highest BCUT2D eigenvalue weighted by molar-refractivity contribution is 6.36. The van der Waals surface area contributed by atoms with Crippen molar-refractivity contribution in [1.29, 1.82) is 0 Å². The van der Waals surface area contributed by atoms with Gasteiger partial charge in [-0.2, -0.15) is 0 Å². The first-order valence-electron chi connectivity index (χ1n) is 12.5. The van der Waals surface area contributed by atoms with Gasteiger partial charge in [0.15, 0.2) is 0 Å². The van der Waals surface area contributed by atoms with Gasteiger partial charge in [-0.05, 0) is 48.6 Å². The Hall–Kier alpha value is -2.82. The summed E-state index contributed by atoms with van der Waals surface area (Å²) in [4.78, 5) is 29.3. The zero-order valence-corrected chi connectivity index (χ0v) is 22.1. The lowest BCUT2D eigenvalue weighted by Crippen LogP contribution is -2.52. The topological polar surface area (TPSA) is 49.4 Å². The average Bonchev–Trinajstić information content (AvgIpc) is 3.38. The van der Waals surface area contributed by atoms with E-state index in [0.29, 0.717) is 22.0 Å². The Morgan fingerprint density at radius 1 is 0.917 bits per heavy atom. The van der Waals surface area contributed by atoms with Gasteiger partial charge in [-0.1, -0.05) is 96.7 Å². The summed E-state index contributed by atoms with van der Waals surface area (Å²) >= 11 is 13.0. The monoisotopic (exact) mass is 522 g/mol. The van der Waals surface area contributed by atoms with Crippen molar-refractivity contribution in [2.24, 2.45) is 0 Å². The van der Waals surface area contributed by atoms with E-state index in [1.54, 1.807) is 23.1 Å². The molecule has 4 rings (SSSR count). The van der Waals surface area contributed by atoms with Gasteiger partial charge in [0, 0.05) is 34.6 Å². The summed E-state index contributed by atoms with van der Waals surface area (Å²) in [6.45, 7) is 2.14. The van der Waals surface area contributed by atoms with Crippen LogP contribution in [0.25, 0.3) is 0 Å². The van der Waals surface area contributed by atoms with E-state index in [0.717, 1.165) is 42.4 Å². The fourth-order valence-electron chi connectivity index (χ4n) is 4.85. The maximum atomic E-state index is 13.9. The number of aryl methyl sites for hydroxylation is 1. The molecule has 0 unspecified atom stereocenters. The van der Waals surface area contributed by atoms with Gasteiger partial charge < -0.3 is 10.2 Å². The van der Waals surface area contributed by atoms with Crippen LogP contribution in [0.3, 0.4) is 0 Å². The summed E-state index contributed by atoms with van der Waals surface area (Å²) in [5, 5.41) is 4.18. The van der Waals surface area contributed by atoms with Gasteiger partial charge in [-0.3, -0.25) is 9.59 Å². The van der Waals surface area contributed by atoms with E-state index < -0.39 is 6.04 Å². The highest BCUT2D eigenvalue weighted by Gasteiger charge is 2.33. The van der Waals surface area contributed by atoms with Crippen molar-refractivity contribution in [1.82, 2.24) is 10.2 Å². The lowest BCUT2D eigenvalue weighted by molar-refractivity contribution is -0.141. The summed E-state index contributed by atoms with van der Waals surface area (Å²) in [6, 6.07) is 22.4. The van der Waals surface area contributed by atoms with Crippen LogP contribution in [0.5, 0.6) is 0 Å². The molecule has 1 aliphatic carbocycles. The van der Waals surface area contributed by atoms with E-state index in [1.807, 2.05) is 61.5 Å². The molecule has 1 saturated carbocycles. The third-order valence-corrected chi connectivity index (χ3v) is 7.67. The minimum absolute atomic E-state index is 0.132. The number of nitrogens with one attached hydrogen (secondary N) is 1.